The Morgan fingerprint density at radius 3 is 2.32 bits per heavy atom. The molecule has 164 valence electrons. The van der Waals surface area contributed by atoms with Crippen LogP contribution in [0.25, 0.3) is 11.0 Å². The van der Waals surface area contributed by atoms with Crippen LogP contribution in [0, 0.1) is 29.1 Å². The lowest BCUT2D eigenvalue weighted by Gasteiger charge is -2.55. The molecule has 1 unspecified atom stereocenters. The number of nitrogens with zero attached hydrogens (tertiary/aromatic N) is 3. The van der Waals surface area contributed by atoms with Gasteiger partial charge in [-0.25, -0.2) is 4.98 Å². The Labute approximate surface area is 183 Å². The Morgan fingerprint density at radius 2 is 1.68 bits per heavy atom. The van der Waals surface area contributed by atoms with Crippen LogP contribution in [0.15, 0.2) is 24.3 Å². The summed E-state index contributed by atoms with van der Waals surface area (Å²) in [5.74, 6) is 2.98. The van der Waals surface area contributed by atoms with Gasteiger partial charge in [0, 0.05) is 18.5 Å². The van der Waals surface area contributed by atoms with Crippen LogP contribution in [-0.4, -0.2) is 34.0 Å². The Balaban J connectivity index is 1.25. The first-order valence-electron chi connectivity index (χ1n) is 12.0. The van der Waals surface area contributed by atoms with Crippen LogP contribution in [0.2, 0.25) is 0 Å². The molecule has 2 amide bonds. The molecule has 1 aromatic carbocycles. The number of fused-ring (bicyclic) bond motifs is 3. The Hall–Kier alpha value is -2.37. The molecule has 1 aliphatic heterocycles. The molecule has 2 heterocycles. The fourth-order valence-electron chi connectivity index (χ4n) is 7.36. The molecule has 1 aromatic heterocycles. The molecular formula is C25H32N4O2. The fourth-order valence-corrected chi connectivity index (χ4v) is 7.36. The maximum absolute atomic E-state index is 13.6. The molecule has 6 nitrogen and oxygen atoms in total. The van der Waals surface area contributed by atoms with Crippen molar-refractivity contribution in [2.45, 2.75) is 65.0 Å². The molecule has 5 aliphatic rings. The average molecular weight is 421 g/mol. The number of benzene rings is 1. The van der Waals surface area contributed by atoms with Gasteiger partial charge in [0.25, 0.3) is 5.91 Å². The van der Waals surface area contributed by atoms with Gasteiger partial charge in [0.2, 0.25) is 11.9 Å². The van der Waals surface area contributed by atoms with Gasteiger partial charge in [-0.15, -0.1) is 0 Å². The number of carbonyl (C=O) groups is 2. The number of imidazole rings is 1. The first kappa shape index (κ1) is 19.3. The average Bonchev–Trinajstić information content (AvgIpc) is 3.29. The minimum Gasteiger partial charge on any atom is -0.344 e. The van der Waals surface area contributed by atoms with Crippen LogP contribution in [0.4, 0.5) is 5.95 Å². The number of carbonyl (C=O) groups excluding carboxylic acids is 2. The minimum atomic E-state index is -0.508. The van der Waals surface area contributed by atoms with E-state index in [0.29, 0.717) is 30.2 Å². The van der Waals surface area contributed by atoms with E-state index in [4.69, 9.17) is 4.98 Å². The fraction of sp³-hybridized carbons (Fsp3) is 0.640. The van der Waals surface area contributed by atoms with Crippen molar-refractivity contribution in [3.63, 3.8) is 0 Å². The second kappa shape index (κ2) is 6.81. The molecule has 1 atom stereocenters. The summed E-state index contributed by atoms with van der Waals surface area (Å²) in [6.07, 6.45) is 6.98. The molecule has 7 rings (SSSR count). The highest BCUT2D eigenvalue weighted by atomic mass is 16.2. The zero-order chi connectivity index (χ0) is 21.3. The highest BCUT2D eigenvalue weighted by Gasteiger charge is 2.55. The molecule has 4 fully saturated rings. The summed E-state index contributed by atoms with van der Waals surface area (Å²) < 4.78 is 2.12. The Kier molecular flexibility index (Phi) is 4.25. The predicted octanol–water partition coefficient (Wildman–Crippen LogP) is 3.74. The predicted molar refractivity (Wildman–Crippen MR) is 119 cm³/mol. The van der Waals surface area contributed by atoms with Crippen molar-refractivity contribution in [1.82, 2.24) is 14.9 Å². The van der Waals surface area contributed by atoms with E-state index in [1.54, 1.807) is 4.90 Å². The third kappa shape index (κ3) is 2.94. The van der Waals surface area contributed by atoms with E-state index in [2.05, 4.69) is 16.0 Å². The molecule has 2 aromatic rings. The number of rotatable bonds is 4. The number of hydrogen-bond acceptors (Lipinski definition) is 3. The summed E-state index contributed by atoms with van der Waals surface area (Å²) in [5, 5.41) is 3.25. The first-order chi connectivity index (χ1) is 14.9. The smallest absolute Gasteiger partial charge is 0.252 e. The molecule has 4 saturated carbocycles. The zero-order valence-corrected chi connectivity index (χ0v) is 18.5. The monoisotopic (exact) mass is 420 g/mol. The van der Waals surface area contributed by atoms with Gasteiger partial charge in [-0.1, -0.05) is 26.0 Å². The topological polar surface area (TPSA) is 67.2 Å². The summed E-state index contributed by atoms with van der Waals surface area (Å²) in [6, 6.07) is 7.50. The van der Waals surface area contributed by atoms with Gasteiger partial charge in [-0.3, -0.25) is 14.5 Å². The van der Waals surface area contributed by atoms with Crippen molar-refractivity contribution in [1.29, 1.82) is 0 Å². The number of nitrogens with one attached hydrogen (secondary N) is 1. The van der Waals surface area contributed by atoms with Crippen LogP contribution < -0.4 is 10.2 Å². The van der Waals surface area contributed by atoms with Crippen molar-refractivity contribution in [3.8, 4) is 0 Å². The highest BCUT2D eigenvalue weighted by Crippen LogP contribution is 2.60. The van der Waals surface area contributed by atoms with Gasteiger partial charge in [0.15, 0.2) is 0 Å². The second-order valence-corrected chi connectivity index (χ2v) is 10.9. The number of hydrogen-bond donors (Lipinski definition) is 1. The highest BCUT2D eigenvalue weighted by molar-refractivity contribution is 6.00. The number of aromatic nitrogens is 2. The number of amides is 2. The lowest BCUT2D eigenvalue weighted by Crippen LogP contribution is -2.58. The van der Waals surface area contributed by atoms with Gasteiger partial charge < -0.3 is 9.88 Å². The summed E-state index contributed by atoms with van der Waals surface area (Å²) >= 11 is 0. The normalized spacial score (nSPS) is 32.0. The summed E-state index contributed by atoms with van der Waals surface area (Å²) in [5.41, 5.74) is 1.74. The van der Waals surface area contributed by atoms with E-state index in [1.807, 2.05) is 32.0 Å². The van der Waals surface area contributed by atoms with E-state index < -0.39 is 6.04 Å². The van der Waals surface area contributed by atoms with E-state index in [1.165, 1.54) is 19.3 Å². The van der Waals surface area contributed by atoms with Crippen LogP contribution in [0.1, 0.15) is 52.4 Å². The number of anilines is 1. The Morgan fingerprint density at radius 1 is 1.03 bits per heavy atom. The largest absolute Gasteiger partial charge is 0.344 e. The molecule has 0 saturated heterocycles. The van der Waals surface area contributed by atoms with Gasteiger partial charge in [-0.05, 0) is 74.3 Å². The molecular weight excluding hydrogens is 388 g/mol. The summed E-state index contributed by atoms with van der Waals surface area (Å²) in [7, 11) is 0. The standard InChI is InChI=1S/C25H32N4O2/c1-15(2)21(27-23(31)25-12-16-9-17(13-25)11-18(10-16)14-25)22(30)29-8-7-28-20-6-4-3-5-19(20)26-24(28)29/h3-6,15-18,21H,7-14H2,1-2H3,(H,27,31). The van der Waals surface area contributed by atoms with Crippen molar-refractivity contribution in [3.05, 3.63) is 24.3 Å². The van der Waals surface area contributed by atoms with Gasteiger partial charge in [-0.2, -0.15) is 0 Å². The first-order valence-corrected chi connectivity index (χ1v) is 12.0. The van der Waals surface area contributed by atoms with Gasteiger partial charge in [0.1, 0.15) is 6.04 Å². The van der Waals surface area contributed by atoms with Gasteiger partial charge in [0.05, 0.1) is 11.0 Å². The third-order valence-corrected chi connectivity index (χ3v) is 8.43. The molecule has 4 aliphatic carbocycles. The molecule has 31 heavy (non-hydrogen) atoms. The third-order valence-electron chi connectivity index (χ3n) is 8.43. The van der Waals surface area contributed by atoms with E-state index >= 15 is 0 Å². The SMILES string of the molecule is CC(C)C(NC(=O)C12CC3CC(CC(C3)C1)C2)C(=O)N1CCn2c1nc1ccccc12. The second-order valence-electron chi connectivity index (χ2n) is 10.9. The molecule has 4 bridgehead atoms. The van der Waals surface area contributed by atoms with Crippen LogP contribution in [0.3, 0.4) is 0 Å². The quantitative estimate of drug-likeness (QED) is 0.819. The number of para-hydroxylation sites is 2. The summed E-state index contributed by atoms with van der Waals surface area (Å²) in [4.78, 5) is 33.8. The van der Waals surface area contributed by atoms with E-state index in [9.17, 15) is 9.59 Å². The van der Waals surface area contributed by atoms with Crippen molar-refractivity contribution in [2.75, 3.05) is 11.4 Å². The van der Waals surface area contributed by atoms with Crippen molar-refractivity contribution in [2.24, 2.45) is 29.1 Å². The van der Waals surface area contributed by atoms with Gasteiger partial charge >= 0.3 is 0 Å². The van der Waals surface area contributed by atoms with E-state index in [-0.39, 0.29) is 23.1 Å². The van der Waals surface area contributed by atoms with E-state index in [0.717, 1.165) is 36.8 Å². The van der Waals surface area contributed by atoms with Crippen molar-refractivity contribution >= 4 is 28.8 Å². The maximum atomic E-state index is 13.6. The molecule has 0 radical (unpaired) electrons. The summed E-state index contributed by atoms with van der Waals surface area (Å²) in [6.45, 7) is 5.42. The zero-order valence-electron chi connectivity index (χ0n) is 18.5. The Bertz CT molecular complexity index is 1020. The van der Waals surface area contributed by atoms with Crippen LogP contribution >= 0.6 is 0 Å². The van der Waals surface area contributed by atoms with Crippen molar-refractivity contribution < 1.29 is 9.59 Å². The molecule has 0 spiro atoms. The van der Waals surface area contributed by atoms with Crippen LogP contribution in [0.5, 0.6) is 0 Å². The lowest BCUT2D eigenvalue weighted by atomic mass is 9.49. The molecule has 6 heteroatoms. The van der Waals surface area contributed by atoms with Crippen LogP contribution in [-0.2, 0) is 16.1 Å². The minimum absolute atomic E-state index is 0.0258. The molecule has 1 N–H and O–H groups in total. The lowest BCUT2D eigenvalue weighted by molar-refractivity contribution is -0.148. The maximum Gasteiger partial charge on any atom is 0.252 e.